The number of fused-ring (bicyclic) bond motifs is 1. The zero-order valence-corrected chi connectivity index (χ0v) is 21.8. The molecule has 5 aromatic carbocycles. The monoisotopic (exact) mass is 511 g/mol. The van der Waals surface area contributed by atoms with E-state index < -0.39 is 0 Å². The van der Waals surface area contributed by atoms with Gasteiger partial charge in [0, 0.05) is 27.6 Å². The Morgan fingerprint density at radius 1 is 0.300 bits per heavy atom. The highest BCUT2D eigenvalue weighted by Crippen LogP contribution is 2.30. The first-order valence-corrected chi connectivity index (χ1v) is 13.4. The van der Waals surface area contributed by atoms with Crippen molar-refractivity contribution in [3.8, 4) is 56.3 Å². The van der Waals surface area contributed by atoms with Crippen LogP contribution in [-0.2, 0) is 0 Å². The van der Waals surface area contributed by atoms with Crippen molar-refractivity contribution in [2.45, 2.75) is 0 Å². The molecule has 0 bridgehead atoms. The molecule has 40 heavy (non-hydrogen) atoms. The molecule has 0 N–H and O–H groups in total. The van der Waals surface area contributed by atoms with E-state index in [1.165, 1.54) is 0 Å². The molecule has 0 amide bonds. The molecule has 3 nitrogen and oxygen atoms in total. The number of hydrogen-bond donors (Lipinski definition) is 0. The Kier molecular flexibility index (Phi) is 6.15. The summed E-state index contributed by atoms with van der Waals surface area (Å²) in [5, 5.41) is 1.15. The maximum atomic E-state index is 4.96. The molecule has 188 valence electrons. The molecule has 0 aliphatic carbocycles. The van der Waals surface area contributed by atoms with Crippen molar-refractivity contribution < 1.29 is 0 Å². The summed E-state index contributed by atoms with van der Waals surface area (Å²) in [5.41, 5.74) is 10.3. The second kappa shape index (κ2) is 10.4. The molecule has 0 aliphatic rings. The first kappa shape index (κ1) is 23.7. The first-order valence-electron chi connectivity index (χ1n) is 13.4. The molecule has 7 rings (SSSR count). The van der Waals surface area contributed by atoms with E-state index in [0.29, 0.717) is 5.82 Å². The average Bonchev–Trinajstić information content (AvgIpc) is 3.05. The number of aromatic nitrogens is 3. The molecule has 2 aromatic heterocycles. The van der Waals surface area contributed by atoms with E-state index in [9.17, 15) is 0 Å². The summed E-state index contributed by atoms with van der Waals surface area (Å²) in [4.78, 5) is 14.8. The molecule has 0 saturated heterocycles. The SMILES string of the molecule is c1ccc(-c2cc(-c3ccccc3)nc(-c3ccc(-c4cccc(-c5ccc6ccccc6n5)c4)cc3)n2)cc1. The van der Waals surface area contributed by atoms with E-state index in [-0.39, 0.29) is 0 Å². The molecule has 3 heteroatoms. The van der Waals surface area contributed by atoms with Crippen LogP contribution in [0.5, 0.6) is 0 Å². The highest BCUT2D eigenvalue weighted by molar-refractivity contribution is 5.82. The number of hydrogen-bond acceptors (Lipinski definition) is 3. The zero-order chi connectivity index (χ0) is 26.7. The van der Waals surface area contributed by atoms with Crippen molar-refractivity contribution in [1.29, 1.82) is 0 Å². The van der Waals surface area contributed by atoms with Crippen molar-refractivity contribution in [2.75, 3.05) is 0 Å². The summed E-state index contributed by atoms with van der Waals surface area (Å²) in [6, 6.07) is 52.1. The van der Waals surface area contributed by atoms with Crippen LogP contribution in [-0.4, -0.2) is 15.0 Å². The summed E-state index contributed by atoms with van der Waals surface area (Å²) in [7, 11) is 0. The number of benzene rings is 5. The van der Waals surface area contributed by atoms with Crippen molar-refractivity contribution in [3.05, 3.63) is 152 Å². The third kappa shape index (κ3) is 4.77. The van der Waals surface area contributed by atoms with Crippen molar-refractivity contribution in [2.24, 2.45) is 0 Å². The van der Waals surface area contributed by atoms with E-state index >= 15 is 0 Å². The van der Waals surface area contributed by atoms with Gasteiger partial charge in [-0.25, -0.2) is 15.0 Å². The lowest BCUT2D eigenvalue weighted by atomic mass is 10.00. The Labute approximate surface area is 233 Å². The molecule has 0 spiro atoms. The van der Waals surface area contributed by atoms with E-state index in [0.717, 1.165) is 61.4 Å². The summed E-state index contributed by atoms with van der Waals surface area (Å²) in [6.45, 7) is 0. The molecule has 0 unspecified atom stereocenters. The minimum atomic E-state index is 0.709. The third-order valence-corrected chi connectivity index (χ3v) is 7.10. The smallest absolute Gasteiger partial charge is 0.160 e. The number of rotatable bonds is 5. The lowest BCUT2D eigenvalue weighted by molar-refractivity contribution is 1.18. The van der Waals surface area contributed by atoms with Crippen LogP contribution >= 0.6 is 0 Å². The Morgan fingerprint density at radius 3 is 1.57 bits per heavy atom. The van der Waals surface area contributed by atoms with Gasteiger partial charge in [0.05, 0.1) is 22.6 Å². The van der Waals surface area contributed by atoms with Gasteiger partial charge in [-0.15, -0.1) is 0 Å². The predicted octanol–water partition coefficient (Wildman–Crippen LogP) is 9.36. The summed E-state index contributed by atoms with van der Waals surface area (Å²) < 4.78 is 0. The van der Waals surface area contributed by atoms with Gasteiger partial charge in [-0.3, -0.25) is 0 Å². The number of nitrogens with zero attached hydrogens (tertiary/aromatic N) is 3. The minimum Gasteiger partial charge on any atom is -0.248 e. The van der Waals surface area contributed by atoms with E-state index in [1.807, 2.05) is 48.5 Å². The van der Waals surface area contributed by atoms with E-state index in [1.54, 1.807) is 0 Å². The van der Waals surface area contributed by atoms with Gasteiger partial charge in [-0.05, 0) is 35.4 Å². The highest BCUT2D eigenvalue weighted by Gasteiger charge is 2.11. The third-order valence-electron chi connectivity index (χ3n) is 7.10. The minimum absolute atomic E-state index is 0.709. The molecule has 7 aromatic rings. The van der Waals surface area contributed by atoms with Crippen LogP contribution in [0.25, 0.3) is 67.2 Å². The molecular weight excluding hydrogens is 486 g/mol. The largest absolute Gasteiger partial charge is 0.248 e. The van der Waals surface area contributed by atoms with Gasteiger partial charge in [-0.2, -0.15) is 0 Å². The maximum Gasteiger partial charge on any atom is 0.160 e. The molecule has 2 heterocycles. The van der Waals surface area contributed by atoms with Crippen LogP contribution in [0, 0.1) is 0 Å². The van der Waals surface area contributed by atoms with Gasteiger partial charge in [0.2, 0.25) is 0 Å². The zero-order valence-electron chi connectivity index (χ0n) is 21.8. The maximum absolute atomic E-state index is 4.96. The van der Waals surface area contributed by atoms with Gasteiger partial charge >= 0.3 is 0 Å². The van der Waals surface area contributed by atoms with Gasteiger partial charge < -0.3 is 0 Å². The highest BCUT2D eigenvalue weighted by atomic mass is 14.9. The number of pyridine rings is 1. The Balaban J connectivity index is 1.24. The Hall–Kier alpha value is -5.41. The lowest BCUT2D eigenvalue weighted by Gasteiger charge is -2.10. The summed E-state index contributed by atoms with van der Waals surface area (Å²) in [5.74, 6) is 0.709. The lowest BCUT2D eigenvalue weighted by Crippen LogP contribution is -1.95. The normalized spacial score (nSPS) is 11.0. The fourth-order valence-electron chi connectivity index (χ4n) is 4.99. The van der Waals surface area contributed by atoms with Crippen LogP contribution in [0.1, 0.15) is 0 Å². The van der Waals surface area contributed by atoms with Crippen LogP contribution in [0.4, 0.5) is 0 Å². The van der Waals surface area contributed by atoms with E-state index in [4.69, 9.17) is 15.0 Å². The molecular formula is C37H25N3. The molecule has 0 atom stereocenters. The van der Waals surface area contributed by atoms with Crippen LogP contribution < -0.4 is 0 Å². The molecule has 0 radical (unpaired) electrons. The van der Waals surface area contributed by atoms with Gasteiger partial charge in [0.1, 0.15) is 0 Å². The Morgan fingerprint density at radius 2 is 0.875 bits per heavy atom. The van der Waals surface area contributed by atoms with Crippen LogP contribution in [0.2, 0.25) is 0 Å². The second-order valence-corrected chi connectivity index (χ2v) is 9.74. The second-order valence-electron chi connectivity index (χ2n) is 9.74. The van der Waals surface area contributed by atoms with Crippen LogP contribution in [0.3, 0.4) is 0 Å². The van der Waals surface area contributed by atoms with Crippen molar-refractivity contribution in [3.63, 3.8) is 0 Å². The summed E-state index contributed by atoms with van der Waals surface area (Å²) >= 11 is 0. The quantitative estimate of drug-likeness (QED) is 0.231. The van der Waals surface area contributed by atoms with Gasteiger partial charge in [-0.1, -0.05) is 127 Å². The topological polar surface area (TPSA) is 38.7 Å². The predicted molar refractivity (Wildman–Crippen MR) is 165 cm³/mol. The van der Waals surface area contributed by atoms with Gasteiger partial charge in [0.25, 0.3) is 0 Å². The average molecular weight is 512 g/mol. The Bertz CT molecular complexity index is 1870. The molecule has 0 aliphatic heterocycles. The van der Waals surface area contributed by atoms with E-state index in [2.05, 4.69) is 103 Å². The van der Waals surface area contributed by atoms with Gasteiger partial charge in [0.15, 0.2) is 5.82 Å². The van der Waals surface area contributed by atoms with Crippen LogP contribution in [0.15, 0.2) is 152 Å². The molecule has 0 saturated carbocycles. The standard InChI is InChI=1S/C37H25N3/c1-3-10-27(11-4-1)35-25-36(28-12-5-2-6-13-28)40-37(39-35)30-20-18-26(19-21-30)31-15-9-16-32(24-31)34-23-22-29-14-7-8-17-33(29)38-34/h1-25H. The molecule has 0 fully saturated rings. The fourth-order valence-corrected chi connectivity index (χ4v) is 4.99. The van der Waals surface area contributed by atoms with Crippen molar-refractivity contribution in [1.82, 2.24) is 15.0 Å². The van der Waals surface area contributed by atoms with Crippen molar-refractivity contribution >= 4 is 10.9 Å². The summed E-state index contributed by atoms with van der Waals surface area (Å²) in [6.07, 6.45) is 0. The first-order chi connectivity index (χ1) is 19.8. The fraction of sp³-hybridized carbons (Fsp3) is 0. The number of para-hydroxylation sites is 1.